The maximum Gasteiger partial charge on any atom is 0.305 e. The number of para-hydroxylation sites is 1. The van der Waals surface area contributed by atoms with Crippen LogP contribution in [-0.4, -0.2) is 84.3 Å². The van der Waals surface area contributed by atoms with Crippen LogP contribution in [0, 0.1) is 0 Å². The Morgan fingerprint density at radius 2 is 1.49 bits per heavy atom. The number of nitrogens with two attached hydrogens (primary N) is 2. The molecule has 45 heavy (non-hydrogen) atoms. The van der Waals surface area contributed by atoms with Crippen LogP contribution in [0.1, 0.15) is 24.0 Å². The molecule has 3 aromatic rings. The molecule has 0 unspecified atom stereocenters. The molecule has 16 heteroatoms. The molecule has 3 rings (SSSR count). The number of aliphatic carboxylic acids is 1. The quantitative estimate of drug-likeness (QED) is 0.107. The molecule has 0 spiro atoms. The van der Waals surface area contributed by atoms with Gasteiger partial charge in [0.25, 0.3) is 0 Å². The number of hydrogen-bond donors (Lipinski definition) is 7. The van der Waals surface area contributed by atoms with Gasteiger partial charge in [-0.25, -0.2) is 8.42 Å². The number of sulfone groups is 1. The first-order valence-corrected chi connectivity index (χ1v) is 16.2. The number of carbonyl (C=O) groups excluding carboxylic acids is 4. The van der Waals surface area contributed by atoms with Crippen LogP contribution in [0.4, 0.5) is 0 Å². The van der Waals surface area contributed by atoms with E-state index in [1.54, 1.807) is 30.5 Å². The lowest BCUT2D eigenvalue weighted by Crippen LogP contribution is -2.58. The summed E-state index contributed by atoms with van der Waals surface area (Å²) in [6.45, 7) is 0. The van der Waals surface area contributed by atoms with Crippen LogP contribution >= 0.6 is 11.6 Å². The van der Waals surface area contributed by atoms with Crippen molar-refractivity contribution in [2.45, 2.75) is 49.9 Å². The molecular weight excluding hydrogens is 628 g/mol. The molecule has 0 aliphatic carbocycles. The lowest BCUT2D eigenvalue weighted by atomic mass is 10.0. The predicted octanol–water partition coefficient (Wildman–Crippen LogP) is -0.217. The zero-order valence-electron chi connectivity index (χ0n) is 24.3. The lowest BCUT2D eigenvalue weighted by molar-refractivity contribution is -0.141. The number of fused-ring (bicyclic) bond motifs is 1. The number of rotatable bonds is 16. The summed E-state index contributed by atoms with van der Waals surface area (Å²) in [5, 5.41) is 17.7. The van der Waals surface area contributed by atoms with E-state index in [1.807, 2.05) is 24.3 Å². The molecule has 0 aliphatic rings. The van der Waals surface area contributed by atoms with Crippen molar-refractivity contribution < 1.29 is 37.5 Å². The Kier molecular flexibility index (Phi) is 12.1. The summed E-state index contributed by atoms with van der Waals surface area (Å²) in [6, 6.07) is 8.11. The van der Waals surface area contributed by atoms with Crippen molar-refractivity contribution in [2.24, 2.45) is 11.5 Å². The SMILES string of the molecule is CS(=O)(=O)CC[C@H](NC(=O)[C@H](N)Cc1c[nH]c2ccccc12)C(=O)N[C@@H](CC(=O)O)C(=O)N[C@@H](Cc1ccc(Cl)cc1)C(N)=O. The van der Waals surface area contributed by atoms with E-state index < -0.39 is 82.2 Å². The van der Waals surface area contributed by atoms with Gasteiger partial charge in [-0.05, 0) is 42.2 Å². The third-order valence-corrected chi connectivity index (χ3v) is 8.12. The van der Waals surface area contributed by atoms with E-state index in [1.165, 1.54) is 0 Å². The highest BCUT2D eigenvalue weighted by molar-refractivity contribution is 7.90. The van der Waals surface area contributed by atoms with E-state index in [-0.39, 0.29) is 12.8 Å². The number of carbonyl (C=O) groups is 5. The first-order chi connectivity index (χ1) is 21.1. The van der Waals surface area contributed by atoms with E-state index in [2.05, 4.69) is 20.9 Å². The molecule has 0 radical (unpaired) electrons. The number of carboxylic acids is 1. The summed E-state index contributed by atoms with van der Waals surface area (Å²) < 4.78 is 23.8. The summed E-state index contributed by atoms with van der Waals surface area (Å²) >= 11 is 5.88. The fourth-order valence-corrected chi connectivity index (χ4v) is 5.31. The molecule has 0 fully saturated rings. The molecule has 0 saturated carbocycles. The topological polar surface area (TPSA) is 244 Å². The van der Waals surface area contributed by atoms with Crippen LogP contribution in [0.25, 0.3) is 10.9 Å². The summed E-state index contributed by atoms with van der Waals surface area (Å²) in [5.74, 6) is -5.72. The molecule has 4 atom stereocenters. The molecule has 0 saturated heterocycles. The van der Waals surface area contributed by atoms with E-state index in [4.69, 9.17) is 23.1 Å². The highest BCUT2D eigenvalue weighted by Crippen LogP contribution is 2.19. The number of primary amides is 1. The minimum Gasteiger partial charge on any atom is -0.481 e. The summed E-state index contributed by atoms with van der Waals surface area (Å²) in [4.78, 5) is 66.2. The molecule has 14 nitrogen and oxygen atoms in total. The highest BCUT2D eigenvalue weighted by atomic mass is 35.5. The van der Waals surface area contributed by atoms with Gasteiger partial charge in [0.1, 0.15) is 28.0 Å². The number of aromatic nitrogens is 1. The van der Waals surface area contributed by atoms with Crippen molar-refractivity contribution in [3.63, 3.8) is 0 Å². The van der Waals surface area contributed by atoms with Gasteiger partial charge in [-0.1, -0.05) is 41.9 Å². The standard InChI is InChI=1S/C29H35ClN6O8S/c1-45(43,44)11-10-22(34-27(40)20(31)13-17-15-33-21-5-3-2-4-19(17)21)28(41)36-24(14-25(37)38)29(42)35-23(26(32)39)12-16-6-8-18(30)9-7-16/h2-9,15,20,22-24,33H,10-14,31H2,1H3,(H2,32,39)(H,34,40)(H,35,42)(H,36,41)(H,37,38)/t20-,22+,23+,24+/m1/s1. The van der Waals surface area contributed by atoms with Gasteiger partial charge in [0.15, 0.2) is 0 Å². The van der Waals surface area contributed by atoms with E-state index in [9.17, 15) is 37.5 Å². The fraction of sp³-hybridized carbons (Fsp3) is 0.345. The Balaban J connectivity index is 1.75. The largest absolute Gasteiger partial charge is 0.481 e. The second-order valence-corrected chi connectivity index (χ2v) is 13.3. The maximum atomic E-state index is 13.3. The van der Waals surface area contributed by atoms with Crippen molar-refractivity contribution in [3.8, 4) is 0 Å². The third-order valence-electron chi connectivity index (χ3n) is 6.89. The first kappa shape index (κ1) is 35.0. The average Bonchev–Trinajstić information content (AvgIpc) is 3.37. The second kappa shape index (κ2) is 15.5. The Labute approximate surface area is 264 Å². The number of amides is 4. The molecule has 9 N–H and O–H groups in total. The van der Waals surface area contributed by atoms with Gasteiger partial charge in [-0.2, -0.15) is 0 Å². The molecule has 0 bridgehead atoms. The van der Waals surface area contributed by atoms with Crippen molar-refractivity contribution in [3.05, 3.63) is 70.9 Å². The predicted molar refractivity (Wildman–Crippen MR) is 167 cm³/mol. The Bertz CT molecular complexity index is 1660. The maximum absolute atomic E-state index is 13.3. The minimum absolute atomic E-state index is 0.0483. The number of aromatic amines is 1. The zero-order valence-corrected chi connectivity index (χ0v) is 25.9. The average molecular weight is 663 g/mol. The number of nitrogens with one attached hydrogen (secondary N) is 4. The second-order valence-electron chi connectivity index (χ2n) is 10.6. The molecule has 4 amide bonds. The molecule has 1 heterocycles. The van der Waals surface area contributed by atoms with Gasteiger partial charge in [0.05, 0.1) is 18.2 Å². The smallest absolute Gasteiger partial charge is 0.305 e. The van der Waals surface area contributed by atoms with Crippen LogP contribution in [0.3, 0.4) is 0 Å². The number of carboxylic acid groups (broad SMARTS) is 1. The summed E-state index contributed by atoms with van der Waals surface area (Å²) in [5.41, 5.74) is 13.8. The Hall–Kier alpha value is -4.47. The summed E-state index contributed by atoms with van der Waals surface area (Å²) in [7, 11) is -3.60. The lowest BCUT2D eigenvalue weighted by Gasteiger charge is -2.25. The van der Waals surface area contributed by atoms with Gasteiger partial charge in [-0.3, -0.25) is 24.0 Å². The molecular formula is C29H35ClN6O8S. The van der Waals surface area contributed by atoms with E-state index in [0.717, 1.165) is 22.7 Å². The van der Waals surface area contributed by atoms with Gasteiger partial charge in [-0.15, -0.1) is 0 Å². The van der Waals surface area contributed by atoms with Gasteiger partial charge < -0.3 is 37.5 Å². The minimum atomic E-state index is -3.60. The normalized spacial score (nSPS) is 14.1. The van der Waals surface area contributed by atoms with Crippen molar-refractivity contribution in [1.29, 1.82) is 0 Å². The van der Waals surface area contributed by atoms with Crippen LogP contribution in [0.15, 0.2) is 54.7 Å². The molecule has 1 aromatic heterocycles. The van der Waals surface area contributed by atoms with Crippen LogP contribution in [0.5, 0.6) is 0 Å². The van der Waals surface area contributed by atoms with Crippen LogP contribution < -0.4 is 27.4 Å². The first-order valence-electron chi connectivity index (χ1n) is 13.8. The van der Waals surface area contributed by atoms with Crippen molar-refractivity contribution in [2.75, 3.05) is 12.0 Å². The zero-order chi connectivity index (χ0) is 33.3. The number of benzene rings is 2. The van der Waals surface area contributed by atoms with Gasteiger partial charge in [0, 0.05) is 34.8 Å². The van der Waals surface area contributed by atoms with Gasteiger partial charge >= 0.3 is 5.97 Å². The number of hydrogen-bond acceptors (Lipinski definition) is 8. The molecule has 2 aromatic carbocycles. The van der Waals surface area contributed by atoms with Crippen LogP contribution in [0.2, 0.25) is 5.02 Å². The highest BCUT2D eigenvalue weighted by Gasteiger charge is 2.32. The summed E-state index contributed by atoms with van der Waals surface area (Å²) in [6.07, 6.45) is 1.40. The number of H-pyrrole nitrogens is 1. The number of halogens is 1. The Morgan fingerprint density at radius 1 is 0.889 bits per heavy atom. The van der Waals surface area contributed by atoms with Crippen LogP contribution in [-0.2, 0) is 46.7 Å². The van der Waals surface area contributed by atoms with Gasteiger partial charge in [0.2, 0.25) is 23.6 Å². The third kappa shape index (κ3) is 10.9. The Morgan fingerprint density at radius 3 is 2.11 bits per heavy atom. The molecule has 242 valence electrons. The monoisotopic (exact) mass is 662 g/mol. The molecule has 0 aliphatic heterocycles. The fourth-order valence-electron chi connectivity index (χ4n) is 4.52. The van der Waals surface area contributed by atoms with Crippen molar-refractivity contribution >= 4 is 61.9 Å². The van der Waals surface area contributed by atoms with E-state index in [0.29, 0.717) is 10.6 Å². The van der Waals surface area contributed by atoms with E-state index >= 15 is 0 Å². The van der Waals surface area contributed by atoms with Crippen molar-refractivity contribution in [1.82, 2.24) is 20.9 Å².